The second-order valence-corrected chi connectivity index (χ2v) is 5.09. The smallest absolute Gasteiger partial charge is 0.222 e. The van der Waals surface area contributed by atoms with Crippen LogP contribution in [0.2, 0.25) is 0 Å². The number of aryl methyl sites for hydroxylation is 1. The van der Waals surface area contributed by atoms with Gasteiger partial charge in [-0.2, -0.15) is 0 Å². The standard InChI is InChI=1S/C15H22N3O2/c19-14-17-10-12-18(13-11-17)15(20)6-2-5-9-16-7-3-1-4-8-16/h1,3-4,7-8,14H,2,5-6,9-13H2/q+1. The first kappa shape index (κ1) is 14.5. The maximum Gasteiger partial charge on any atom is 0.222 e. The topological polar surface area (TPSA) is 44.5 Å². The zero-order chi connectivity index (χ0) is 14.2. The van der Waals surface area contributed by atoms with Crippen molar-refractivity contribution in [2.45, 2.75) is 25.8 Å². The summed E-state index contributed by atoms with van der Waals surface area (Å²) in [5.74, 6) is 0.216. The molecule has 0 spiro atoms. The highest BCUT2D eigenvalue weighted by Crippen LogP contribution is 2.05. The number of nitrogens with zero attached hydrogens (tertiary/aromatic N) is 3. The monoisotopic (exact) mass is 276 g/mol. The number of unbranched alkanes of at least 4 members (excludes halogenated alkanes) is 1. The fraction of sp³-hybridized carbons (Fsp3) is 0.533. The van der Waals surface area contributed by atoms with Crippen molar-refractivity contribution in [3.63, 3.8) is 0 Å². The van der Waals surface area contributed by atoms with Gasteiger partial charge in [0.05, 0.1) is 0 Å². The van der Waals surface area contributed by atoms with E-state index in [0.29, 0.717) is 32.6 Å². The fourth-order valence-electron chi connectivity index (χ4n) is 2.39. The van der Waals surface area contributed by atoms with Crippen LogP contribution in [0.4, 0.5) is 0 Å². The molecule has 2 amide bonds. The quantitative estimate of drug-likeness (QED) is 0.430. The van der Waals surface area contributed by atoms with Crippen LogP contribution in [0.1, 0.15) is 19.3 Å². The highest BCUT2D eigenvalue weighted by Gasteiger charge is 2.19. The van der Waals surface area contributed by atoms with Gasteiger partial charge in [0.25, 0.3) is 0 Å². The highest BCUT2D eigenvalue weighted by molar-refractivity contribution is 5.76. The van der Waals surface area contributed by atoms with Gasteiger partial charge in [-0.3, -0.25) is 9.59 Å². The van der Waals surface area contributed by atoms with Crippen molar-refractivity contribution in [2.75, 3.05) is 26.2 Å². The third kappa shape index (κ3) is 4.33. The molecular weight excluding hydrogens is 254 g/mol. The summed E-state index contributed by atoms with van der Waals surface area (Å²) in [6.07, 6.45) is 7.47. The molecule has 1 aliphatic rings. The molecule has 0 atom stereocenters. The lowest BCUT2D eigenvalue weighted by Gasteiger charge is -2.32. The molecule has 0 aliphatic carbocycles. The lowest BCUT2D eigenvalue weighted by atomic mass is 10.2. The SMILES string of the molecule is O=CN1CCN(C(=O)CCCC[n+]2ccccc2)CC1. The maximum atomic E-state index is 12.0. The van der Waals surface area contributed by atoms with E-state index < -0.39 is 0 Å². The van der Waals surface area contributed by atoms with Crippen molar-refractivity contribution >= 4 is 12.3 Å². The Bertz CT molecular complexity index is 428. The highest BCUT2D eigenvalue weighted by atomic mass is 16.2. The number of pyridine rings is 1. The van der Waals surface area contributed by atoms with Crippen molar-refractivity contribution in [1.29, 1.82) is 0 Å². The van der Waals surface area contributed by atoms with Gasteiger partial charge in [0.2, 0.25) is 12.3 Å². The first-order valence-corrected chi connectivity index (χ1v) is 7.21. The predicted molar refractivity (Wildman–Crippen MR) is 74.7 cm³/mol. The number of carbonyl (C=O) groups excluding carboxylic acids is 2. The van der Waals surface area contributed by atoms with Gasteiger partial charge in [-0.05, 0) is 6.42 Å². The first-order chi connectivity index (χ1) is 9.79. The van der Waals surface area contributed by atoms with Crippen LogP contribution >= 0.6 is 0 Å². The van der Waals surface area contributed by atoms with Crippen LogP contribution in [0.25, 0.3) is 0 Å². The van der Waals surface area contributed by atoms with Crippen LogP contribution in [0.5, 0.6) is 0 Å². The van der Waals surface area contributed by atoms with E-state index in [0.717, 1.165) is 25.8 Å². The molecule has 5 heteroatoms. The third-order valence-corrected chi connectivity index (χ3v) is 3.65. The molecular formula is C15H22N3O2+. The largest absolute Gasteiger partial charge is 0.342 e. The molecule has 2 heterocycles. The van der Waals surface area contributed by atoms with E-state index >= 15 is 0 Å². The zero-order valence-electron chi connectivity index (χ0n) is 11.8. The van der Waals surface area contributed by atoms with Crippen LogP contribution in [0.15, 0.2) is 30.6 Å². The molecule has 5 nitrogen and oxygen atoms in total. The minimum Gasteiger partial charge on any atom is -0.342 e. The molecule has 1 aromatic heterocycles. The summed E-state index contributed by atoms with van der Waals surface area (Å²) in [5.41, 5.74) is 0. The van der Waals surface area contributed by atoms with Gasteiger partial charge < -0.3 is 9.80 Å². The van der Waals surface area contributed by atoms with Crippen molar-refractivity contribution in [3.8, 4) is 0 Å². The van der Waals surface area contributed by atoms with E-state index in [1.165, 1.54) is 0 Å². The average molecular weight is 276 g/mol. The molecule has 108 valence electrons. The van der Waals surface area contributed by atoms with Crippen molar-refractivity contribution in [3.05, 3.63) is 30.6 Å². The van der Waals surface area contributed by atoms with Crippen LogP contribution in [0.3, 0.4) is 0 Å². The summed E-state index contributed by atoms with van der Waals surface area (Å²) in [4.78, 5) is 26.2. The fourth-order valence-corrected chi connectivity index (χ4v) is 2.39. The lowest BCUT2D eigenvalue weighted by molar-refractivity contribution is -0.697. The van der Waals surface area contributed by atoms with Crippen LogP contribution < -0.4 is 4.57 Å². The Labute approximate surface area is 119 Å². The Hall–Kier alpha value is -1.91. The van der Waals surface area contributed by atoms with Gasteiger partial charge >= 0.3 is 0 Å². The van der Waals surface area contributed by atoms with Crippen LogP contribution in [-0.2, 0) is 16.1 Å². The maximum absolute atomic E-state index is 12.0. The Balaban J connectivity index is 1.62. The first-order valence-electron chi connectivity index (χ1n) is 7.21. The Morgan fingerprint density at radius 3 is 2.40 bits per heavy atom. The summed E-state index contributed by atoms with van der Waals surface area (Å²) < 4.78 is 2.13. The third-order valence-electron chi connectivity index (χ3n) is 3.65. The molecule has 0 N–H and O–H groups in total. The van der Waals surface area contributed by atoms with Crippen molar-refractivity contribution in [1.82, 2.24) is 9.80 Å². The van der Waals surface area contributed by atoms with Gasteiger partial charge in [0.15, 0.2) is 12.4 Å². The molecule has 1 aliphatic heterocycles. The molecule has 1 saturated heterocycles. The molecule has 1 fully saturated rings. The predicted octanol–water partition coefficient (Wildman–Crippen LogP) is 0.445. The van der Waals surface area contributed by atoms with E-state index in [4.69, 9.17) is 0 Å². The molecule has 0 radical (unpaired) electrons. The van der Waals surface area contributed by atoms with Gasteiger partial charge in [-0.1, -0.05) is 6.07 Å². The number of piperazine rings is 1. The molecule has 1 aromatic rings. The average Bonchev–Trinajstić information content (AvgIpc) is 2.52. The van der Waals surface area contributed by atoms with Gasteiger partial charge in [-0.25, -0.2) is 4.57 Å². The van der Waals surface area contributed by atoms with E-state index in [1.807, 2.05) is 35.5 Å². The number of aromatic nitrogens is 1. The zero-order valence-corrected chi connectivity index (χ0v) is 11.8. The summed E-state index contributed by atoms with van der Waals surface area (Å²) >= 11 is 0. The number of hydrogen-bond donors (Lipinski definition) is 0. The van der Waals surface area contributed by atoms with E-state index in [-0.39, 0.29) is 5.91 Å². The molecule has 0 unspecified atom stereocenters. The van der Waals surface area contributed by atoms with Crippen LogP contribution in [-0.4, -0.2) is 48.3 Å². The molecule has 0 saturated carbocycles. The van der Waals surface area contributed by atoms with E-state index in [9.17, 15) is 9.59 Å². The van der Waals surface area contributed by atoms with E-state index in [2.05, 4.69) is 4.57 Å². The Kier molecular flexibility index (Phi) is 5.53. The number of rotatable bonds is 6. The second kappa shape index (κ2) is 7.62. The summed E-state index contributed by atoms with van der Waals surface area (Å²) in [7, 11) is 0. The van der Waals surface area contributed by atoms with Gasteiger partial charge in [0, 0.05) is 51.2 Å². The molecule has 2 rings (SSSR count). The Morgan fingerprint density at radius 1 is 1.05 bits per heavy atom. The van der Waals surface area contributed by atoms with Gasteiger partial charge in [-0.15, -0.1) is 0 Å². The summed E-state index contributed by atoms with van der Waals surface area (Å²) in [5, 5.41) is 0. The number of carbonyl (C=O) groups is 2. The number of amides is 2. The number of hydrogen-bond acceptors (Lipinski definition) is 2. The Morgan fingerprint density at radius 2 is 1.75 bits per heavy atom. The van der Waals surface area contributed by atoms with E-state index in [1.54, 1.807) is 4.90 Å². The summed E-state index contributed by atoms with van der Waals surface area (Å²) in [6.45, 7) is 3.62. The second-order valence-electron chi connectivity index (χ2n) is 5.09. The van der Waals surface area contributed by atoms with Crippen molar-refractivity contribution in [2.24, 2.45) is 0 Å². The van der Waals surface area contributed by atoms with Crippen LogP contribution in [0, 0.1) is 0 Å². The van der Waals surface area contributed by atoms with Crippen molar-refractivity contribution < 1.29 is 14.2 Å². The molecule has 20 heavy (non-hydrogen) atoms. The molecule has 0 aromatic carbocycles. The molecule has 0 bridgehead atoms. The minimum absolute atomic E-state index is 0.216. The minimum atomic E-state index is 0.216. The lowest BCUT2D eigenvalue weighted by Crippen LogP contribution is -2.48. The summed E-state index contributed by atoms with van der Waals surface area (Å²) in [6, 6.07) is 6.02. The normalized spacial score (nSPS) is 15.2. The van der Waals surface area contributed by atoms with Gasteiger partial charge in [0.1, 0.15) is 6.54 Å².